The molecule has 0 radical (unpaired) electrons. The number of likely N-dealkylation sites (tertiary alicyclic amines) is 1. The molecular formula is C15H26N2S. The van der Waals surface area contributed by atoms with Gasteiger partial charge in [0, 0.05) is 21.3 Å². The Hall–Kier alpha value is -0.380. The zero-order chi connectivity index (χ0) is 13.5. The van der Waals surface area contributed by atoms with Crippen LogP contribution in [-0.2, 0) is 0 Å². The van der Waals surface area contributed by atoms with Gasteiger partial charge in [-0.15, -0.1) is 11.3 Å². The molecule has 0 aromatic carbocycles. The molecule has 1 aromatic heterocycles. The Kier molecular flexibility index (Phi) is 3.86. The molecule has 1 aliphatic rings. The van der Waals surface area contributed by atoms with Gasteiger partial charge in [0.05, 0.1) is 6.04 Å². The molecule has 2 unspecified atom stereocenters. The van der Waals surface area contributed by atoms with Crippen molar-refractivity contribution in [2.45, 2.75) is 65.1 Å². The molecule has 0 bridgehead atoms. The first kappa shape index (κ1) is 14.0. The molecule has 0 aliphatic carbocycles. The number of piperidine rings is 1. The van der Waals surface area contributed by atoms with Gasteiger partial charge in [-0.25, -0.2) is 0 Å². The third-order valence-corrected chi connectivity index (χ3v) is 4.92. The van der Waals surface area contributed by atoms with Gasteiger partial charge in [-0.2, -0.15) is 0 Å². The Morgan fingerprint density at radius 3 is 2.50 bits per heavy atom. The number of hydrogen-bond donors (Lipinski definition) is 1. The van der Waals surface area contributed by atoms with Crippen LogP contribution in [0.3, 0.4) is 0 Å². The van der Waals surface area contributed by atoms with Crippen molar-refractivity contribution in [3.8, 4) is 0 Å². The monoisotopic (exact) mass is 266 g/mol. The number of nitrogens with two attached hydrogens (primary N) is 1. The average Bonchev–Trinajstić information content (AvgIpc) is 2.56. The number of thiophene rings is 1. The fourth-order valence-corrected chi connectivity index (χ4v) is 4.09. The predicted molar refractivity (Wildman–Crippen MR) is 80.2 cm³/mol. The number of rotatable bonds is 1. The normalized spacial score (nSPS) is 26.6. The minimum atomic E-state index is 0.186. The van der Waals surface area contributed by atoms with Crippen molar-refractivity contribution in [3.05, 3.63) is 21.4 Å². The third kappa shape index (κ3) is 2.63. The second-order valence-corrected chi connectivity index (χ2v) is 7.94. The minimum Gasteiger partial charge on any atom is -0.326 e. The Morgan fingerprint density at radius 1 is 1.33 bits per heavy atom. The maximum atomic E-state index is 6.44. The van der Waals surface area contributed by atoms with Crippen LogP contribution in [0.5, 0.6) is 0 Å². The molecule has 1 saturated heterocycles. The van der Waals surface area contributed by atoms with E-state index in [4.69, 9.17) is 5.73 Å². The second kappa shape index (κ2) is 4.95. The fourth-order valence-electron chi connectivity index (χ4n) is 3.12. The SMILES string of the molecule is Cc1cc(C2C(N)CCCN2C(C)(C)C)c(C)s1. The zero-order valence-corrected chi connectivity index (χ0v) is 13.1. The summed E-state index contributed by atoms with van der Waals surface area (Å²) in [5.74, 6) is 0. The summed E-state index contributed by atoms with van der Waals surface area (Å²) in [5, 5.41) is 0. The van der Waals surface area contributed by atoms with E-state index in [1.54, 1.807) is 0 Å². The van der Waals surface area contributed by atoms with Crippen molar-refractivity contribution in [1.29, 1.82) is 0 Å². The van der Waals surface area contributed by atoms with Crippen LogP contribution in [0.25, 0.3) is 0 Å². The molecule has 18 heavy (non-hydrogen) atoms. The summed E-state index contributed by atoms with van der Waals surface area (Å²) in [5.41, 5.74) is 8.08. The molecule has 0 spiro atoms. The molecule has 1 aromatic rings. The van der Waals surface area contributed by atoms with Gasteiger partial charge in [0.1, 0.15) is 0 Å². The zero-order valence-electron chi connectivity index (χ0n) is 12.3. The van der Waals surface area contributed by atoms with Gasteiger partial charge in [0.15, 0.2) is 0 Å². The van der Waals surface area contributed by atoms with Crippen molar-refractivity contribution in [2.24, 2.45) is 5.73 Å². The summed E-state index contributed by atoms with van der Waals surface area (Å²) < 4.78 is 0. The van der Waals surface area contributed by atoms with Crippen molar-refractivity contribution in [3.63, 3.8) is 0 Å². The van der Waals surface area contributed by atoms with Crippen molar-refractivity contribution in [2.75, 3.05) is 6.54 Å². The molecular weight excluding hydrogens is 240 g/mol. The molecule has 2 atom stereocenters. The summed E-state index contributed by atoms with van der Waals surface area (Å²) in [4.78, 5) is 5.42. The van der Waals surface area contributed by atoms with Gasteiger partial charge in [-0.3, -0.25) is 4.90 Å². The Bertz CT molecular complexity index is 417. The van der Waals surface area contributed by atoms with Crippen molar-refractivity contribution >= 4 is 11.3 Å². The van der Waals surface area contributed by atoms with Crippen LogP contribution in [-0.4, -0.2) is 23.0 Å². The number of nitrogens with zero attached hydrogens (tertiary/aromatic N) is 1. The summed E-state index contributed by atoms with van der Waals surface area (Å²) in [6.07, 6.45) is 2.36. The number of hydrogen-bond acceptors (Lipinski definition) is 3. The van der Waals surface area contributed by atoms with Crippen LogP contribution in [0.15, 0.2) is 6.07 Å². The Labute approximate surface area is 115 Å². The van der Waals surface area contributed by atoms with Gasteiger partial charge >= 0.3 is 0 Å². The summed E-state index contributed by atoms with van der Waals surface area (Å²) in [6, 6.07) is 3.00. The van der Waals surface area contributed by atoms with E-state index in [0.29, 0.717) is 6.04 Å². The fraction of sp³-hybridized carbons (Fsp3) is 0.733. The molecule has 0 amide bonds. The van der Waals surface area contributed by atoms with Gasteiger partial charge in [-0.05, 0) is 65.6 Å². The molecule has 102 valence electrons. The standard InChI is InChI=1S/C15H26N2S/c1-10-9-12(11(2)18-10)14-13(16)7-6-8-17(14)15(3,4)5/h9,13-14H,6-8,16H2,1-5H3. The van der Waals surface area contributed by atoms with Crippen LogP contribution in [0, 0.1) is 13.8 Å². The first-order chi connectivity index (χ1) is 8.30. The Morgan fingerprint density at radius 2 is 2.00 bits per heavy atom. The van der Waals surface area contributed by atoms with Crippen molar-refractivity contribution in [1.82, 2.24) is 4.90 Å². The lowest BCUT2D eigenvalue weighted by Gasteiger charge is -2.47. The average molecular weight is 266 g/mol. The van der Waals surface area contributed by atoms with E-state index in [1.165, 1.54) is 21.7 Å². The Balaban J connectivity index is 2.39. The molecule has 0 saturated carbocycles. The van der Waals surface area contributed by atoms with E-state index in [-0.39, 0.29) is 11.6 Å². The molecule has 3 heteroatoms. The van der Waals surface area contributed by atoms with Crippen LogP contribution in [0.4, 0.5) is 0 Å². The highest BCUT2D eigenvalue weighted by Crippen LogP contribution is 2.39. The van der Waals surface area contributed by atoms with Crippen molar-refractivity contribution < 1.29 is 0 Å². The predicted octanol–water partition coefficient (Wildman–Crippen LogP) is 3.63. The topological polar surface area (TPSA) is 29.3 Å². The number of aryl methyl sites for hydroxylation is 2. The summed E-state index contributed by atoms with van der Waals surface area (Å²) in [7, 11) is 0. The maximum Gasteiger partial charge on any atom is 0.0515 e. The quantitative estimate of drug-likeness (QED) is 0.841. The molecule has 2 heterocycles. The van der Waals surface area contributed by atoms with Crippen LogP contribution in [0.1, 0.15) is 55.0 Å². The van der Waals surface area contributed by atoms with E-state index < -0.39 is 0 Å². The highest BCUT2D eigenvalue weighted by Gasteiger charge is 2.37. The smallest absolute Gasteiger partial charge is 0.0515 e. The molecule has 2 nitrogen and oxygen atoms in total. The van der Waals surface area contributed by atoms with E-state index in [9.17, 15) is 0 Å². The van der Waals surface area contributed by atoms with Crippen LogP contribution < -0.4 is 5.73 Å². The lowest BCUT2D eigenvalue weighted by molar-refractivity contribution is 0.0383. The van der Waals surface area contributed by atoms with Crippen LogP contribution >= 0.6 is 11.3 Å². The van der Waals surface area contributed by atoms with E-state index in [1.807, 2.05) is 11.3 Å². The maximum absolute atomic E-state index is 6.44. The first-order valence-corrected chi connectivity index (χ1v) is 7.71. The van der Waals surface area contributed by atoms with Gasteiger partial charge in [-0.1, -0.05) is 0 Å². The molecule has 2 N–H and O–H groups in total. The second-order valence-electron chi connectivity index (χ2n) is 6.48. The molecule has 2 rings (SSSR count). The van der Waals surface area contributed by atoms with Gasteiger partial charge in [0.2, 0.25) is 0 Å². The van der Waals surface area contributed by atoms with Gasteiger partial charge < -0.3 is 5.73 Å². The van der Waals surface area contributed by atoms with Gasteiger partial charge in [0.25, 0.3) is 0 Å². The highest BCUT2D eigenvalue weighted by atomic mass is 32.1. The molecule has 1 fully saturated rings. The highest BCUT2D eigenvalue weighted by molar-refractivity contribution is 7.12. The third-order valence-electron chi connectivity index (χ3n) is 3.94. The van der Waals surface area contributed by atoms with E-state index >= 15 is 0 Å². The lowest BCUT2D eigenvalue weighted by Crippen LogP contribution is -2.53. The largest absolute Gasteiger partial charge is 0.326 e. The van der Waals surface area contributed by atoms with E-state index in [2.05, 4.69) is 45.6 Å². The summed E-state index contributed by atoms with van der Waals surface area (Å²) >= 11 is 1.90. The van der Waals surface area contributed by atoms with E-state index in [0.717, 1.165) is 13.0 Å². The first-order valence-electron chi connectivity index (χ1n) is 6.90. The molecule has 1 aliphatic heterocycles. The van der Waals surface area contributed by atoms with Crippen LogP contribution in [0.2, 0.25) is 0 Å². The summed E-state index contributed by atoms with van der Waals surface area (Å²) in [6.45, 7) is 12.5. The minimum absolute atomic E-state index is 0.186. The lowest BCUT2D eigenvalue weighted by atomic mass is 9.87.